The summed E-state index contributed by atoms with van der Waals surface area (Å²) in [4.78, 5) is 11.0. The molecule has 1 saturated carbocycles. The van der Waals surface area contributed by atoms with Crippen LogP contribution in [0.2, 0.25) is 0 Å². The topological polar surface area (TPSA) is 78.3 Å². The number of hydrogen-bond donors (Lipinski definition) is 2. The highest BCUT2D eigenvalue weighted by atomic mass is 16.5. The number of hydrogen-bond acceptors (Lipinski definition) is 3. The van der Waals surface area contributed by atoms with Gasteiger partial charge < -0.3 is 16.2 Å². The molecule has 1 aliphatic carbocycles. The SMILES string of the molecule is CC(CC(C)(N)C(N)=O)OCCC1CC1. The molecule has 1 amide bonds. The Balaban J connectivity index is 2.15. The van der Waals surface area contributed by atoms with E-state index < -0.39 is 11.4 Å². The van der Waals surface area contributed by atoms with Crippen LogP contribution in [0.15, 0.2) is 0 Å². The normalized spacial score (nSPS) is 22.1. The van der Waals surface area contributed by atoms with E-state index in [1.165, 1.54) is 12.8 Å². The van der Waals surface area contributed by atoms with Crippen molar-refractivity contribution in [1.29, 1.82) is 0 Å². The highest BCUT2D eigenvalue weighted by molar-refractivity contribution is 5.83. The van der Waals surface area contributed by atoms with E-state index in [0.29, 0.717) is 6.42 Å². The average Bonchev–Trinajstić information content (AvgIpc) is 2.86. The van der Waals surface area contributed by atoms with Gasteiger partial charge in [0.1, 0.15) is 0 Å². The summed E-state index contributed by atoms with van der Waals surface area (Å²) in [5.41, 5.74) is 9.98. The number of nitrogens with two attached hydrogens (primary N) is 2. The predicted molar refractivity (Wildman–Crippen MR) is 59.2 cm³/mol. The van der Waals surface area contributed by atoms with Crippen LogP contribution in [0.4, 0.5) is 0 Å². The zero-order chi connectivity index (χ0) is 11.5. The standard InChI is InChI=1S/C11H22N2O2/c1-8(7-11(2,13)10(12)14)15-6-5-9-3-4-9/h8-9H,3-7,13H2,1-2H3,(H2,12,14). The Kier molecular flexibility index (Phi) is 4.11. The number of carbonyl (C=O) groups excluding carboxylic acids is 1. The van der Waals surface area contributed by atoms with Crippen LogP contribution in [-0.2, 0) is 9.53 Å². The number of primary amides is 1. The van der Waals surface area contributed by atoms with Crippen molar-refractivity contribution in [3.8, 4) is 0 Å². The second kappa shape index (κ2) is 4.94. The van der Waals surface area contributed by atoms with Crippen molar-refractivity contribution in [2.75, 3.05) is 6.61 Å². The van der Waals surface area contributed by atoms with Crippen LogP contribution in [0.3, 0.4) is 0 Å². The molecule has 0 aromatic heterocycles. The van der Waals surface area contributed by atoms with E-state index in [1.807, 2.05) is 6.92 Å². The Morgan fingerprint density at radius 2 is 2.20 bits per heavy atom. The maximum Gasteiger partial charge on any atom is 0.237 e. The molecule has 88 valence electrons. The minimum Gasteiger partial charge on any atom is -0.378 e. The van der Waals surface area contributed by atoms with Gasteiger partial charge in [0.15, 0.2) is 0 Å². The molecule has 4 N–H and O–H groups in total. The van der Waals surface area contributed by atoms with Crippen LogP contribution in [0, 0.1) is 5.92 Å². The van der Waals surface area contributed by atoms with Gasteiger partial charge in [0.2, 0.25) is 5.91 Å². The number of ether oxygens (including phenoxy) is 1. The highest BCUT2D eigenvalue weighted by Crippen LogP contribution is 2.32. The second-order valence-electron chi connectivity index (χ2n) is 4.90. The first-order valence-electron chi connectivity index (χ1n) is 5.62. The van der Waals surface area contributed by atoms with Crippen LogP contribution < -0.4 is 11.5 Å². The largest absolute Gasteiger partial charge is 0.378 e. The molecule has 4 heteroatoms. The number of amides is 1. The molecule has 1 aliphatic rings. The van der Waals surface area contributed by atoms with E-state index in [2.05, 4.69) is 0 Å². The average molecular weight is 214 g/mol. The van der Waals surface area contributed by atoms with E-state index in [-0.39, 0.29) is 6.10 Å². The molecule has 4 nitrogen and oxygen atoms in total. The molecule has 0 bridgehead atoms. The molecule has 0 saturated heterocycles. The lowest BCUT2D eigenvalue weighted by Crippen LogP contribution is -2.51. The van der Waals surface area contributed by atoms with E-state index in [9.17, 15) is 4.79 Å². The van der Waals surface area contributed by atoms with Crippen LogP contribution in [0.5, 0.6) is 0 Å². The third-order valence-corrected chi connectivity index (χ3v) is 2.90. The van der Waals surface area contributed by atoms with Gasteiger partial charge in [-0.25, -0.2) is 0 Å². The van der Waals surface area contributed by atoms with Gasteiger partial charge in [0.05, 0.1) is 11.6 Å². The van der Waals surface area contributed by atoms with Gasteiger partial charge in [-0.05, 0) is 32.6 Å². The Morgan fingerprint density at radius 3 is 2.67 bits per heavy atom. The summed E-state index contributed by atoms with van der Waals surface area (Å²) in [5, 5.41) is 0. The number of carbonyl (C=O) groups is 1. The van der Waals surface area contributed by atoms with Crippen molar-refractivity contribution < 1.29 is 9.53 Å². The maximum absolute atomic E-state index is 11.0. The first-order valence-corrected chi connectivity index (χ1v) is 5.62. The van der Waals surface area contributed by atoms with Crippen LogP contribution >= 0.6 is 0 Å². The van der Waals surface area contributed by atoms with E-state index in [0.717, 1.165) is 18.9 Å². The molecule has 2 atom stereocenters. The first kappa shape index (κ1) is 12.5. The maximum atomic E-state index is 11.0. The van der Waals surface area contributed by atoms with Crippen molar-refractivity contribution in [2.24, 2.45) is 17.4 Å². The Hall–Kier alpha value is -0.610. The molecule has 0 heterocycles. The van der Waals surface area contributed by atoms with Gasteiger partial charge >= 0.3 is 0 Å². The highest BCUT2D eigenvalue weighted by Gasteiger charge is 2.28. The Morgan fingerprint density at radius 1 is 1.60 bits per heavy atom. The fourth-order valence-corrected chi connectivity index (χ4v) is 1.60. The molecule has 2 unspecified atom stereocenters. The molecule has 0 aromatic carbocycles. The molecule has 15 heavy (non-hydrogen) atoms. The van der Waals surface area contributed by atoms with Gasteiger partial charge in [-0.15, -0.1) is 0 Å². The zero-order valence-electron chi connectivity index (χ0n) is 9.66. The summed E-state index contributed by atoms with van der Waals surface area (Å²) < 4.78 is 5.59. The molecule has 0 radical (unpaired) electrons. The molecule has 0 spiro atoms. The van der Waals surface area contributed by atoms with Gasteiger partial charge in [0, 0.05) is 6.61 Å². The summed E-state index contributed by atoms with van der Waals surface area (Å²) in [6.45, 7) is 4.34. The van der Waals surface area contributed by atoms with Crippen LogP contribution in [0.25, 0.3) is 0 Å². The lowest BCUT2D eigenvalue weighted by Gasteiger charge is -2.24. The van der Waals surface area contributed by atoms with E-state index in [4.69, 9.17) is 16.2 Å². The zero-order valence-corrected chi connectivity index (χ0v) is 9.66. The third-order valence-electron chi connectivity index (χ3n) is 2.90. The Labute approximate surface area is 91.3 Å². The van der Waals surface area contributed by atoms with Crippen molar-refractivity contribution >= 4 is 5.91 Å². The third kappa shape index (κ3) is 4.62. The minimum atomic E-state index is -0.959. The van der Waals surface area contributed by atoms with Crippen molar-refractivity contribution in [2.45, 2.75) is 51.2 Å². The number of rotatable bonds is 7. The van der Waals surface area contributed by atoms with E-state index >= 15 is 0 Å². The Bertz CT molecular complexity index is 225. The van der Waals surface area contributed by atoms with Gasteiger partial charge in [-0.1, -0.05) is 12.8 Å². The van der Waals surface area contributed by atoms with Gasteiger partial charge in [-0.3, -0.25) is 4.79 Å². The summed E-state index contributed by atoms with van der Waals surface area (Å²) in [7, 11) is 0. The summed E-state index contributed by atoms with van der Waals surface area (Å²) in [6.07, 6.45) is 4.28. The fraction of sp³-hybridized carbons (Fsp3) is 0.909. The molecular formula is C11H22N2O2. The monoisotopic (exact) mass is 214 g/mol. The minimum absolute atomic E-state index is 0.00810. The predicted octanol–water partition coefficient (Wildman–Crippen LogP) is 0.784. The first-order chi connectivity index (χ1) is 6.92. The smallest absolute Gasteiger partial charge is 0.237 e. The summed E-state index contributed by atoms with van der Waals surface area (Å²) in [6, 6.07) is 0. The lowest BCUT2D eigenvalue weighted by molar-refractivity contribution is -0.124. The quantitative estimate of drug-likeness (QED) is 0.657. The van der Waals surface area contributed by atoms with Crippen molar-refractivity contribution in [3.63, 3.8) is 0 Å². The second-order valence-corrected chi connectivity index (χ2v) is 4.90. The molecular weight excluding hydrogens is 192 g/mol. The van der Waals surface area contributed by atoms with Crippen molar-refractivity contribution in [3.05, 3.63) is 0 Å². The molecule has 0 aromatic rings. The van der Waals surface area contributed by atoms with Gasteiger partial charge in [-0.2, -0.15) is 0 Å². The molecule has 1 fully saturated rings. The summed E-state index contributed by atoms with van der Waals surface area (Å²) >= 11 is 0. The van der Waals surface area contributed by atoms with E-state index in [1.54, 1.807) is 6.92 Å². The fourth-order valence-electron chi connectivity index (χ4n) is 1.60. The van der Waals surface area contributed by atoms with Crippen molar-refractivity contribution in [1.82, 2.24) is 0 Å². The van der Waals surface area contributed by atoms with Crippen LogP contribution in [0.1, 0.15) is 39.5 Å². The summed E-state index contributed by atoms with van der Waals surface area (Å²) in [5.74, 6) is 0.401. The molecule has 0 aliphatic heterocycles. The molecule has 1 rings (SSSR count). The van der Waals surface area contributed by atoms with Gasteiger partial charge in [0.25, 0.3) is 0 Å². The van der Waals surface area contributed by atoms with Crippen LogP contribution in [-0.4, -0.2) is 24.2 Å². The lowest BCUT2D eigenvalue weighted by atomic mass is 9.95.